The van der Waals surface area contributed by atoms with Gasteiger partial charge in [0.05, 0.1) is 19.6 Å². The molecule has 0 rings (SSSR count). The molecule has 5 N–H and O–H groups in total. The van der Waals surface area contributed by atoms with Gasteiger partial charge in [0.25, 0.3) is 0 Å². The Labute approximate surface area is 188 Å². The van der Waals surface area contributed by atoms with Crippen LogP contribution in [-0.4, -0.2) is 73.3 Å². The van der Waals surface area contributed by atoms with Crippen molar-refractivity contribution in [3.05, 3.63) is 0 Å². The van der Waals surface area contributed by atoms with Crippen molar-refractivity contribution in [3.63, 3.8) is 0 Å². The van der Waals surface area contributed by atoms with E-state index in [1.54, 1.807) is 20.8 Å². The number of ketones is 2. The summed E-state index contributed by atoms with van der Waals surface area (Å²) < 4.78 is 0. The second kappa shape index (κ2) is 18.5. The average Bonchev–Trinajstić information content (AvgIpc) is 2.76. The Kier molecular flexibility index (Phi) is 17.8. The Morgan fingerprint density at radius 1 is 0.562 bits per heavy atom. The highest BCUT2D eigenvalue weighted by atomic mass is 16.2. The molecular weight excluding hydrogens is 422 g/mol. The molecule has 0 aromatic carbocycles. The maximum Gasteiger partial charge on any atom is 0.240 e. The van der Waals surface area contributed by atoms with Crippen LogP contribution in [0.15, 0.2) is 0 Å². The lowest BCUT2D eigenvalue weighted by atomic mass is 10.2. The lowest BCUT2D eigenvalue weighted by Gasteiger charge is -2.17. The van der Waals surface area contributed by atoms with Crippen molar-refractivity contribution in [2.45, 2.75) is 59.9 Å². The molecule has 12 heteroatoms. The fourth-order valence-electron chi connectivity index (χ4n) is 1.78. The molecule has 0 aromatic heterocycles. The monoisotopic (exact) mass is 457 g/mol. The lowest BCUT2D eigenvalue weighted by Crippen LogP contribution is -2.51. The Morgan fingerprint density at radius 2 is 0.969 bits per heavy atom. The van der Waals surface area contributed by atoms with Crippen LogP contribution in [0.2, 0.25) is 0 Å². The third-order valence-electron chi connectivity index (χ3n) is 3.72. The highest BCUT2D eigenvalue weighted by Crippen LogP contribution is 1.86. The van der Waals surface area contributed by atoms with Gasteiger partial charge in [0.1, 0.15) is 11.8 Å². The van der Waals surface area contributed by atoms with Crippen molar-refractivity contribution in [2.24, 2.45) is 0 Å². The molecule has 32 heavy (non-hydrogen) atoms. The molecule has 0 radical (unpaired) electrons. The molecule has 12 nitrogen and oxygen atoms in total. The standard InChI is InChI=1S/C14H24N4O5.C6H11NO2/c1-4-11(20)16-7-13(22)15-6-10(9(3)19)18-14(23)8-17-12(21)5-2;1-3-6(9)7-4-5(2)8/h10H,4-8H2,1-3H3,(H,15,22)(H,16,20)(H,17,21)(H,18,23);3-4H2,1-2H3,(H,7,9). The average molecular weight is 458 g/mol. The summed E-state index contributed by atoms with van der Waals surface area (Å²) in [6.45, 7) is 7.40. The zero-order chi connectivity index (χ0) is 25.1. The van der Waals surface area contributed by atoms with E-state index in [2.05, 4.69) is 26.6 Å². The molecule has 182 valence electrons. The fourth-order valence-corrected chi connectivity index (χ4v) is 1.78. The van der Waals surface area contributed by atoms with Gasteiger partial charge >= 0.3 is 0 Å². The first-order chi connectivity index (χ1) is 15.0. The number of carbonyl (C=O) groups is 7. The Bertz CT molecular complexity index is 679. The predicted molar refractivity (Wildman–Crippen MR) is 116 cm³/mol. The minimum atomic E-state index is -0.896. The number of carbonyl (C=O) groups excluding carboxylic acids is 7. The van der Waals surface area contributed by atoms with E-state index in [9.17, 15) is 33.6 Å². The van der Waals surface area contributed by atoms with Crippen LogP contribution < -0.4 is 26.6 Å². The van der Waals surface area contributed by atoms with Crippen LogP contribution in [0.3, 0.4) is 0 Å². The molecule has 0 heterocycles. The van der Waals surface area contributed by atoms with E-state index >= 15 is 0 Å². The predicted octanol–water partition coefficient (Wildman–Crippen LogP) is -1.67. The Hall–Kier alpha value is -3.31. The second-order valence-corrected chi connectivity index (χ2v) is 6.63. The number of Topliss-reactive ketones (excluding diaryl/α,β-unsaturated/α-hetero) is 2. The van der Waals surface area contributed by atoms with E-state index in [-0.39, 0.29) is 68.3 Å². The van der Waals surface area contributed by atoms with Crippen LogP contribution in [0.4, 0.5) is 0 Å². The van der Waals surface area contributed by atoms with Crippen molar-refractivity contribution >= 4 is 41.1 Å². The molecule has 0 spiro atoms. The normalized spacial score (nSPS) is 10.4. The summed E-state index contributed by atoms with van der Waals surface area (Å²) in [5, 5.41) is 12.1. The highest BCUT2D eigenvalue weighted by Gasteiger charge is 2.18. The summed E-state index contributed by atoms with van der Waals surface area (Å²) >= 11 is 0. The summed E-state index contributed by atoms with van der Waals surface area (Å²) in [5.41, 5.74) is 0. The Morgan fingerprint density at radius 3 is 1.34 bits per heavy atom. The van der Waals surface area contributed by atoms with Gasteiger partial charge in [-0.15, -0.1) is 0 Å². The first-order valence-electron chi connectivity index (χ1n) is 10.3. The van der Waals surface area contributed by atoms with Gasteiger partial charge in [0, 0.05) is 25.8 Å². The minimum absolute atomic E-state index is 0.0169. The van der Waals surface area contributed by atoms with Crippen LogP contribution in [0.5, 0.6) is 0 Å². The molecule has 0 saturated carbocycles. The second-order valence-electron chi connectivity index (χ2n) is 6.63. The van der Waals surface area contributed by atoms with Gasteiger partial charge in [-0.2, -0.15) is 0 Å². The third kappa shape index (κ3) is 18.7. The highest BCUT2D eigenvalue weighted by molar-refractivity contribution is 5.91. The number of rotatable bonds is 13. The van der Waals surface area contributed by atoms with Gasteiger partial charge in [-0.05, 0) is 13.8 Å². The smallest absolute Gasteiger partial charge is 0.240 e. The fraction of sp³-hybridized carbons (Fsp3) is 0.650. The van der Waals surface area contributed by atoms with Crippen molar-refractivity contribution in [3.8, 4) is 0 Å². The van der Waals surface area contributed by atoms with E-state index in [1.165, 1.54) is 13.8 Å². The van der Waals surface area contributed by atoms with E-state index < -0.39 is 17.9 Å². The molecule has 1 atom stereocenters. The van der Waals surface area contributed by atoms with Gasteiger partial charge in [0.15, 0.2) is 5.78 Å². The summed E-state index contributed by atoms with van der Waals surface area (Å²) in [4.78, 5) is 77.4. The molecule has 0 aliphatic heterocycles. The maximum absolute atomic E-state index is 11.6. The van der Waals surface area contributed by atoms with Crippen LogP contribution in [-0.2, 0) is 33.6 Å². The Balaban J connectivity index is 0. The summed E-state index contributed by atoms with van der Waals surface area (Å²) in [7, 11) is 0. The molecule has 0 bridgehead atoms. The lowest BCUT2D eigenvalue weighted by molar-refractivity contribution is -0.129. The zero-order valence-electron chi connectivity index (χ0n) is 19.4. The summed E-state index contributed by atoms with van der Waals surface area (Å²) in [5.74, 6) is -1.96. The van der Waals surface area contributed by atoms with Crippen LogP contribution >= 0.6 is 0 Å². The number of amides is 5. The first-order valence-corrected chi connectivity index (χ1v) is 10.3. The van der Waals surface area contributed by atoms with Gasteiger partial charge in [0.2, 0.25) is 29.5 Å². The topological polar surface area (TPSA) is 180 Å². The molecular formula is C20H35N5O7. The number of hydrogen-bond donors (Lipinski definition) is 5. The molecule has 1 unspecified atom stereocenters. The first kappa shape index (κ1) is 30.9. The summed E-state index contributed by atoms with van der Waals surface area (Å²) in [6, 6.07) is -0.896. The van der Waals surface area contributed by atoms with Gasteiger partial charge in [-0.25, -0.2) is 0 Å². The minimum Gasteiger partial charge on any atom is -0.352 e. The van der Waals surface area contributed by atoms with Gasteiger partial charge in [-0.3, -0.25) is 33.6 Å². The van der Waals surface area contributed by atoms with Gasteiger partial charge < -0.3 is 26.6 Å². The van der Waals surface area contributed by atoms with E-state index in [1.807, 2.05) is 0 Å². The van der Waals surface area contributed by atoms with Crippen molar-refractivity contribution in [1.82, 2.24) is 26.6 Å². The maximum atomic E-state index is 11.6. The van der Waals surface area contributed by atoms with E-state index in [4.69, 9.17) is 0 Å². The molecule has 0 aliphatic rings. The quantitative estimate of drug-likeness (QED) is 0.219. The molecule has 0 aliphatic carbocycles. The summed E-state index contributed by atoms with van der Waals surface area (Å²) in [6.07, 6.45) is 0.957. The number of hydrogen-bond acceptors (Lipinski definition) is 7. The molecule has 0 fully saturated rings. The van der Waals surface area contributed by atoms with Crippen molar-refractivity contribution in [1.29, 1.82) is 0 Å². The SMILES string of the molecule is CCC(=O)NCC(=O)NCC(NC(=O)CNC(=O)CC)C(C)=O.CCC(=O)NCC(C)=O. The van der Waals surface area contributed by atoms with E-state index in [0.717, 1.165) is 0 Å². The third-order valence-corrected chi connectivity index (χ3v) is 3.72. The van der Waals surface area contributed by atoms with E-state index in [0.29, 0.717) is 6.42 Å². The van der Waals surface area contributed by atoms with Crippen molar-refractivity contribution < 1.29 is 33.6 Å². The number of nitrogens with one attached hydrogen (secondary N) is 5. The molecule has 5 amide bonds. The van der Waals surface area contributed by atoms with Crippen molar-refractivity contribution in [2.75, 3.05) is 26.2 Å². The van der Waals surface area contributed by atoms with Crippen LogP contribution in [0.1, 0.15) is 53.9 Å². The zero-order valence-corrected chi connectivity index (χ0v) is 19.4. The van der Waals surface area contributed by atoms with Crippen LogP contribution in [0, 0.1) is 0 Å². The largest absolute Gasteiger partial charge is 0.352 e. The van der Waals surface area contributed by atoms with Crippen LogP contribution in [0.25, 0.3) is 0 Å². The molecule has 0 aromatic rings. The molecule has 0 saturated heterocycles. The van der Waals surface area contributed by atoms with Gasteiger partial charge in [-0.1, -0.05) is 20.8 Å².